The summed E-state index contributed by atoms with van der Waals surface area (Å²) in [5, 5.41) is 40.7. The van der Waals surface area contributed by atoms with Crippen LogP contribution in [0.15, 0.2) is 36.4 Å². The van der Waals surface area contributed by atoms with Crippen LogP contribution in [0.5, 0.6) is 11.5 Å². The number of benzene rings is 2. The Morgan fingerprint density at radius 3 is 1.77 bits per heavy atom. The summed E-state index contributed by atoms with van der Waals surface area (Å²) in [4.78, 5) is 41.9. The molecule has 0 heterocycles. The number of carboxylic acid groups (broad SMARTS) is 1. The van der Waals surface area contributed by atoms with Crippen molar-refractivity contribution in [2.45, 2.75) is 0 Å². The average Bonchev–Trinajstić information content (AvgIpc) is 2.76. The van der Waals surface area contributed by atoms with Crippen molar-refractivity contribution in [1.82, 2.24) is 5.32 Å². The molecule has 0 atom stereocenters. The topological polar surface area (TPSA) is 191 Å². The molecule has 0 spiro atoms. The number of methoxy groups -OCH3 is 2. The Morgan fingerprint density at radius 2 is 1.39 bits per heavy atom. The fourth-order valence-electron chi connectivity index (χ4n) is 2.20. The molecule has 1 amide bonds. The zero-order valence-corrected chi connectivity index (χ0v) is 16.4. The molecular weight excluding hydrogens is 418 g/mol. The van der Waals surface area contributed by atoms with E-state index in [0.29, 0.717) is 0 Å². The Balaban J connectivity index is 0.000000316. The third kappa shape index (κ3) is 6.93. The predicted octanol–water partition coefficient (Wildman–Crippen LogP) is 1.63. The van der Waals surface area contributed by atoms with E-state index < -0.39 is 21.7 Å². The van der Waals surface area contributed by atoms with Crippen molar-refractivity contribution in [2.24, 2.45) is 0 Å². The molecule has 0 aromatic heterocycles. The molecule has 2 aromatic rings. The number of hydrogen-bond donors (Lipinski definition) is 3. The van der Waals surface area contributed by atoms with Crippen LogP contribution in [0.4, 0.5) is 11.4 Å². The minimum Gasteiger partial charge on any atom is -0.490 e. The number of ether oxygens (including phenoxy) is 2. The van der Waals surface area contributed by atoms with E-state index in [4.69, 9.17) is 19.7 Å². The molecule has 0 aliphatic heterocycles. The second-order valence-electron chi connectivity index (χ2n) is 5.57. The van der Waals surface area contributed by atoms with Gasteiger partial charge >= 0.3 is 17.3 Å². The van der Waals surface area contributed by atoms with Crippen LogP contribution in [0.1, 0.15) is 20.7 Å². The molecule has 0 radical (unpaired) electrons. The molecule has 13 nitrogen and oxygen atoms in total. The lowest BCUT2D eigenvalue weighted by molar-refractivity contribution is -0.385. The maximum Gasteiger partial charge on any atom is 0.335 e. The molecule has 3 N–H and O–H groups in total. The van der Waals surface area contributed by atoms with Gasteiger partial charge in [0.2, 0.25) is 0 Å². The predicted molar refractivity (Wildman–Crippen MR) is 106 cm³/mol. The fraction of sp³-hybridized carbons (Fsp3) is 0.222. The van der Waals surface area contributed by atoms with E-state index in [1.54, 1.807) is 0 Å². The summed E-state index contributed by atoms with van der Waals surface area (Å²) in [6, 6.07) is 7.18. The van der Waals surface area contributed by atoms with Crippen LogP contribution in [0, 0.1) is 20.2 Å². The highest BCUT2D eigenvalue weighted by Gasteiger charge is 2.17. The maximum atomic E-state index is 11.5. The lowest BCUT2D eigenvalue weighted by Gasteiger charge is -2.05. The van der Waals surface area contributed by atoms with Gasteiger partial charge in [0, 0.05) is 36.4 Å². The van der Waals surface area contributed by atoms with Crippen LogP contribution < -0.4 is 14.8 Å². The quantitative estimate of drug-likeness (QED) is 0.404. The molecule has 0 aliphatic rings. The van der Waals surface area contributed by atoms with Crippen LogP contribution in [-0.2, 0) is 0 Å². The second-order valence-corrected chi connectivity index (χ2v) is 5.57. The number of carbonyl (C=O) groups is 2. The summed E-state index contributed by atoms with van der Waals surface area (Å²) in [5.74, 6) is -1.62. The van der Waals surface area contributed by atoms with Gasteiger partial charge in [-0.25, -0.2) is 4.79 Å². The Kier molecular flexibility index (Phi) is 9.33. The van der Waals surface area contributed by atoms with Crippen LogP contribution in [0.25, 0.3) is 0 Å². The second kappa shape index (κ2) is 11.7. The number of hydrogen-bond acceptors (Lipinski definition) is 9. The van der Waals surface area contributed by atoms with Gasteiger partial charge in [0.25, 0.3) is 5.91 Å². The number of carbonyl (C=O) groups excluding carboxylic acids is 1. The summed E-state index contributed by atoms with van der Waals surface area (Å²) >= 11 is 0. The highest BCUT2D eigenvalue weighted by molar-refractivity contribution is 5.95. The fourth-order valence-corrected chi connectivity index (χ4v) is 2.20. The molecule has 0 unspecified atom stereocenters. The number of nitrogens with one attached hydrogen (secondary N) is 1. The Labute approximate surface area is 175 Å². The average molecular weight is 437 g/mol. The maximum absolute atomic E-state index is 11.5. The Hall–Kier alpha value is -4.26. The molecular formula is C18H19N3O10. The van der Waals surface area contributed by atoms with Gasteiger partial charge in [-0.15, -0.1) is 0 Å². The first kappa shape index (κ1) is 24.8. The number of nitro groups is 2. The van der Waals surface area contributed by atoms with Gasteiger partial charge in [-0.1, -0.05) is 0 Å². The van der Waals surface area contributed by atoms with Gasteiger partial charge in [0.05, 0.1) is 36.2 Å². The minimum absolute atomic E-state index is 0.0200. The van der Waals surface area contributed by atoms with Gasteiger partial charge in [-0.2, -0.15) is 0 Å². The highest BCUT2D eigenvalue weighted by atomic mass is 16.6. The number of rotatable bonds is 8. The third-order valence-electron chi connectivity index (χ3n) is 3.66. The van der Waals surface area contributed by atoms with Crippen LogP contribution in [0.3, 0.4) is 0 Å². The van der Waals surface area contributed by atoms with E-state index in [-0.39, 0.29) is 47.2 Å². The Bertz CT molecular complexity index is 977. The molecule has 2 rings (SSSR count). The third-order valence-corrected chi connectivity index (χ3v) is 3.66. The van der Waals surface area contributed by atoms with E-state index in [1.165, 1.54) is 32.4 Å². The van der Waals surface area contributed by atoms with Crippen LogP contribution >= 0.6 is 0 Å². The van der Waals surface area contributed by atoms with Gasteiger partial charge < -0.3 is 25.0 Å². The van der Waals surface area contributed by atoms with Gasteiger partial charge in [-0.3, -0.25) is 25.0 Å². The summed E-state index contributed by atoms with van der Waals surface area (Å²) in [7, 11) is 2.53. The van der Waals surface area contributed by atoms with Gasteiger partial charge in [0.15, 0.2) is 11.5 Å². The molecule has 166 valence electrons. The number of nitro benzene ring substituents is 2. The van der Waals surface area contributed by atoms with Crippen molar-refractivity contribution >= 4 is 23.3 Å². The first-order valence-corrected chi connectivity index (χ1v) is 8.43. The van der Waals surface area contributed by atoms with Gasteiger partial charge in [-0.05, 0) is 12.1 Å². The van der Waals surface area contributed by atoms with Crippen molar-refractivity contribution < 1.29 is 39.1 Å². The molecule has 0 bridgehead atoms. The molecule has 0 saturated carbocycles. The highest BCUT2D eigenvalue weighted by Crippen LogP contribution is 2.28. The SMILES string of the molecule is COc1cc(C(=O)NCCO)ccc1[N+](=O)[O-].COc1cc(C(=O)O)ccc1[N+](=O)[O-]. The number of aliphatic hydroxyl groups excluding tert-OH is 1. The van der Waals surface area contributed by atoms with E-state index in [1.807, 2.05) is 0 Å². The minimum atomic E-state index is -1.15. The smallest absolute Gasteiger partial charge is 0.335 e. The largest absolute Gasteiger partial charge is 0.490 e. The standard InChI is InChI=1S/C10H12N2O5.C8H7NO5/c1-17-9-6-7(10(14)11-4-5-13)2-3-8(9)12(15)16;1-14-7-4-5(8(10)11)2-3-6(7)9(12)13/h2-3,6,13H,4-5H2,1H3,(H,11,14);2-4H,1H3,(H,10,11). The molecule has 2 aromatic carbocycles. The summed E-state index contributed by atoms with van der Waals surface area (Å²) < 4.78 is 9.52. The monoisotopic (exact) mass is 437 g/mol. The zero-order chi connectivity index (χ0) is 23.6. The number of aromatic carboxylic acids is 1. The van der Waals surface area contributed by atoms with Crippen molar-refractivity contribution in [1.29, 1.82) is 0 Å². The molecule has 0 aliphatic carbocycles. The summed E-state index contributed by atoms with van der Waals surface area (Å²) in [5.41, 5.74) is -0.267. The normalized spacial score (nSPS) is 9.65. The van der Waals surface area contributed by atoms with Crippen molar-refractivity contribution in [3.05, 3.63) is 67.8 Å². The summed E-state index contributed by atoms with van der Waals surface area (Å²) in [6.45, 7) is -0.0476. The summed E-state index contributed by atoms with van der Waals surface area (Å²) in [6.07, 6.45) is 0. The van der Waals surface area contributed by atoms with Gasteiger partial charge in [0.1, 0.15) is 0 Å². The lowest BCUT2D eigenvalue weighted by Crippen LogP contribution is -2.26. The van der Waals surface area contributed by atoms with Crippen molar-refractivity contribution in [3.8, 4) is 11.5 Å². The lowest BCUT2D eigenvalue weighted by atomic mass is 10.2. The molecule has 0 fully saturated rings. The molecule has 0 saturated heterocycles. The Morgan fingerprint density at radius 1 is 0.935 bits per heavy atom. The first-order valence-electron chi connectivity index (χ1n) is 8.43. The molecule has 13 heteroatoms. The van der Waals surface area contributed by atoms with Crippen molar-refractivity contribution in [3.63, 3.8) is 0 Å². The van der Waals surface area contributed by atoms with E-state index in [9.17, 15) is 29.8 Å². The van der Waals surface area contributed by atoms with E-state index >= 15 is 0 Å². The number of nitrogens with zero attached hydrogens (tertiary/aromatic N) is 2. The zero-order valence-electron chi connectivity index (χ0n) is 16.4. The number of carboxylic acids is 1. The van der Waals surface area contributed by atoms with Crippen LogP contribution in [0.2, 0.25) is 0 Å². The van der Waals surface area contributed by atoms with E-state index in [0.717, 1.165) is 18.2 Å². The van der Waals surface area contributed by atoms with E-state index in [2.05, 4.69) is 5.32 Å². The van der Waals surface area contributed by atoms with Crippen molar-refractivity contribution in [2.75, 3.05) is 27.4 Å². The van der Waals surface area contributed by atoms with Crippen LogP contribution in [-0.4, -0.2) is 59.3 Å². The first-order chi connectivity index (χ1) is 14.7. The molecule has 31 heavy (non-hydrogen) atoms. The number of aliphatic hydroxyl groups is 1. The number of amides is 1.